The van der Waals surface area contributed by atoms with Gasteiger partial charge in [0.25, 0.3) is 11.8 Å². The van der Waals surface area contributed by atoms with Crippen molar-refractivity contribution in [3.05, 3.63) is 77.2 Å². The number of H-pyrrole nitrogens is 1. The molecule has 2 aromatic heterocycles. The van der Waals surface area contributed by atoms with Crippen LogP contribution in [0.5, 0.6) is 0 Å². The number of carbonyl (C=O) groups is 2. The van der Waals surface area contributed by atoms with Gasteiger partial charge in [-0.25, -0.2) is 4.98 Å². The van der Waals surface area contributed by atoms with Crippen LogP contribution in [0.15, 0.2) is 54.7 Å². The number of nitrogens with zero attached hydrogens (tertiary/aromatic N) is 3. The van der Waals surface area contributed by atoms with Crippen molar-refractivity contribution < 1.29 is 9.59 Å². The van der Waals surface area contributed by atoms with Crippen LogP contribution in [0.4, 0.5) is 5.82 Å². The minimum atomic E-state index is -0.569. The van der Waals surface area contributed by atoms with E-state index in [9.17, 15) is 9.59 Å². The fourth-order valence-electron chi connectivity index (χ4n) is 4.18. The van der Waals surface area contributed by atoms with Gasteiger partial charge in [-0.3, -0.25) is 19.6 Å². The highest BCUT2D eigenvalue weighted by atomic mass is 16.2. The number of amides is 2. The smallest absolute Gasteiger partial charge is 0.272 e. The van der Waals surface area contributed by atoms with Crippen LogP contribution in [0, 0.1) is 5.92 Å². The number of benzene rings is 1. The molecule has 1 saturated carbocycles. The Bertz CT molecular complexity index is 1080. The van der Waals surface area contributed by atoms with Gasteiger partial charge in [-0.05, 0) is 41.5 Å². The van der Waals surface area contributed by atoms with Gasteiger partial charge >= 0.3 is 0 Å². The number of likely N-dealkylation sites (N-methyl/N-ethyl adjacent to an activating group) is 1. The second-order valence-electron chi connectivity index (χ2n) is 7.71. The summed E-state index contributed by atoms with van der Waals surface area (Å²) in [7, 11) is 1.71. The van der Waals surface area contributed by atoms with Gasteiger partial charge in [0.15, 0.2) is 0 Å². The number of nitrogens with one attached hydrogen (secondary N) is 2. The highest BCUT2D eigenvalue weighted by molar-refractivity contribution is 6.02. The van der Waals surface area contributed by atoms with Crippen LogP contribution in [0.25, 0.3) is 0 Å². The van der Waals surface area contributed by atoms with E-state index < -0.39 is 6.04 Å². The average molecular weight is 387 g/mol. The Hall–Kier alpha value is -3.48. The molecule has 29 heavy (non-hydrogen) atoms. The molecule has 0 radical (unpaired) electrons. The number of carbonyl (C=O) groups excluding carboxylic acids is 2. The lowest BCUT2D eigenvalue weighted by Gasteiger charge is -2.22. The Morgan fingerprint density at radius 3 is 2.90 bits per heavy atom. The van der Waals surface area contributed by atoms with Gasteiger partial charge in [0.05, 0.1) is 0 Å². The van der Waals surface area contributed by atoms with Gasteiger partial charge in [-0.15, -0.1) is 0 Å². The zero-order chi connectivity index (χ0) is 20.0. The van der Waals surface area contributed by atoms with Crippen molar-refractivity contribution in [1.29, 1.82) is 0 Å². The summed E-state index contributed by atoms with van der Waals surface area (Å²) in [6, 6.07) is 15.1. The van der Waals surface area contributed by atoms with Crippen molar-refractivity contribution in [2.75, 3.05) is 11.9 Å². The van der Waals surface area contributed by atoms with Gasteiger partial charge in [0.1, 0.15) is 17.6 Å². The highest BCUT2D eigenvalue weighted by Gasteiger charge is 2.52. The van der Waals surface area contributed by atoms with Gasteiger partial charge in [0.2, 0.25) is 0 Å². The number of hydrogen-bond acceptors (Lipinski definition) is 4. The molecule has 1 aromatic carbocycles. The van der Waals surface area contributed by atoms with Crippen LogP contribution in [-0.2, 0) is 11.2 Å². The highest BCUT2D eigenvalue weighted by Crippen LogP contribution is 2.53. The summed E-state index contributed by atoms with van der Waals surface area (Å²) in [5.74, 6) is 0.569. The maximum atomic E-state index is 13.0. The van der Waals surface area contributed by atoms with Gasteiger partial charge < -0.3 is 5.32 Å². The average Bonchev–Trinajstić information content (AvgIpc) is 3.41. The van der Waals surface area contributed by atoms with Crippen LogP contribution in [-0.4, -0.2) is 40.1 Å². The molecule has 3 atom stereocenters. The number of aromatic amines is 1. The normalized spacial score (nSPS) is 22.4. The number of fused-ring (bicyclic) bond motifs is 3. The lowest BCUT2D eigenvalue weighted by Crippen LogP contribution is -2.48. The third-order valence-electron chi connectivity index (χ3n) is 5.79. The molecule has 0 bridgehead atoms. The fraction of sp³-hybridized carbons (Fsp3) is 0.273. The van der Waals surface area contributed by atoms with Crippen LogP contribution < -0.4 is 10.2 Å². The SMILES string of the molecule is CN1C(=O)[C@H](NC(=O)c2cc(Cc3ccccc3)[nH]n2)[C@@H]2CC2c2cccnc21. The molecule has 3 aromatic rings. The molecule has 1 aliphatic carbocycles. The van der Waals surface area contributed by atoms with Crippen LogP contribution in [0.1, 0.15) is 39.6 Å². The second-order valence-corrected chi connectivity index (χ2v) is 7.71. The van der Waals surface area contributed by atoms with Crippen molar-refractivity contribution in [2.24, 2.45) is 5.92 Å². The summed E-state index contributed by atoms with van der Waals surface area (Å²) in [6.07, 6.45) is 3.23. The Morgan fingerprint density at radius 1 is 1.24 bits per heavy atom. The Kier molecular flexibility index (Phi) is 4.16. The first-order chi connectivity index (χ1) is 14.1. The number of anilines is 1. The van der Waals surface area contributed by atoms with Gasteiger partial charge in [0, 0.05) is 25.4 Å². The quantitative estimate of drug-likeness (QED) is 0.719. The lowest BCUT2D eigenvalue weighted by atomic mass is 10.1. The van der Waals surface area contributed by atoms with Crippen molar-refractivity contribution in [2.45, 2.75) is 24.8 Å². The zero-order valence-electron chi connectivity index (χ0n) is 16.0. The molecule has 2 N–H and O–H groups in total. The molecule has 2 amide bonds. The summed E-state index contributed by atoms with van der Waals surface area (Å²) < 4.78 is 0. The Balaban J connectivity index is 1.32. The molecule has 7 heteroatoms. The maximum Gasteiger partial charge on any atom is 0.272 e. The summed E-state index contributed by atoms with van der Waals surface area (Å²) in [4.78, 5) is 31.7. The van der Waals surface area contributed by atoms with Crippen molar-refractivity contribution >= 4 is 17.6 Å². The monoisotopic (exact) mass is 387 g/mol. The number of hydrogen-bond donors (Lipinski definition) is 2. The topological polar surface area (TPSA) is 91.0 Å². The van der Waals surface area contributed by atoms with E-state index in [1.54, 1.807) is 24.2 Å². The van der Waals surface area contributed by atoms with E-state index in [0.717, 1.165) is 23.2 Å². The van der Waals surface area contributed by atoms with Gasteiger partial charge in [-0.1, -0.05) is 36.4 Å². The van der Waals surface area contributed by atoms with Crippen molar-refractivity contribution in [3.8, 4) is 0 Å². The molecular formula is C22H21N5O2. The predicted molar refractivity (Wildman–Crippen MR) is 108 cm³/mol. The molecule has 1 aliphatic heterocycles. The van der Waals surface area contributed by atoms with E-state index in [1.165, 1.54) is 0 Å². The molecule has 146 valence electrons. The van der Waals surface area contributed by atoms with E-state index in [-0.39, 0.29) is 23.7 Å². The lowest BCUT2D eigenvalue weighted by molar-refractivity contribution is -0.120. The standard InChI is InChI=1S/C22H21N5O2/c1-27-20-15(8-5-9-23-20)16-12-17(16)19(22(27)29)24-21(28)18-11-14(25-26-18)10-13-6-3-2-4-7-13/h2-9,11,16-17,19H,10,12H2,1H3,(H,24,28)(H,25,26)/t16?,17-,19-/m1/s1. The summed E-state index contributed by atoms with van der Waals surface area (Å²) in [6.45, 7) is 0. The van der Waals surface area contributed by atoms with Crippen LogP contribution in [0.2, 0.25) is 0 Å². The molecule has 5 rings (SSSR count). The molecule has 2 aliphatic rings. The second kappa shape index (κ2) is 6.84. The molecular weight excluding hydrogens is 366 g/mol. The number of aromatic nitrogens is 3. The molecule has 3 heterocycles. The van der Waals surface area contributed by atoms with Crippen LogP contribution in [0.3, 0.4) is 0 Å². The largest absolute Gasteiger partial charge is 0.339 e. The zero-order valence-corrected chi connectivity index (χ0v) is 16.0. The van der Waals surface area contributed by atoms with E-state index in [4.69, 9.17) is 0 Å². The molecule has 1 fully saturated rings. The first-order valence-corrected chi connectivity index (χ1v) is 9.73. The van der Waals surface area contributed by atoms with Gasteiger partial charge in [-0.2, -0.15) is 5.10 Å². The maximum absolute atomic E-state index is 13.0. The minimum absolute atomic E-state index is 0.0991. The predicted octanol–water partition coefficient (Wildman–Crippen LogP) is 2.27. The molecule has 0 saturated heterocycles. The molecule has 7 nitrogen and oxygen atoms in total. The third kappa shape index (κ3) is 3.18. The molecule has 0 spiro atoms. The first-order valence-electron chi connectivity index (χ1n) is 9.73. The van der Waals surface area contributed by atoms with Crippen molar-refractivity contribution in [3.63, 3.8) is 0 Å². The first kappa shape index (κ1) is 17.6. The Labute approximate surface area is 168 Å². The third-order valence-corrected chi connectivity index (χ3v) is 5.79. The van der Waals surface area contributed by atoms with E-state index >= 15 is 0 Å². The number of rotatable bonds is 4. The Morgan fingerprint density at radius 2 is 2.07 bits per heavy atom. The minimum Gasteiger partial charge on any atom is -0.339 e. The summed E-state index contributed by atoms with van der Waals surface area (Å²) in [5, 5.41) is 9.99. The fourth-order valence-corrected chi connectivity index (χ4v) is 4.18. The van der Waals surface area contributed by atoms with Crippen molar-refractivity contribution in [1.82, 2.24) is 20.5 Å². The van der Waals surface area contributed by atoms with Crippen LogP contribution >= 0.6 is 0 Å². The van der Waals surface area contributed by atoms with E-state index in [0.29, 0.717) is 17.9 Å². The van der Waals surface area contributed by atoms with E-state index in [2.05, 4.69) is 20.5 Å². The summed E-state index contributed by atoms with van der Waals surface area (Å²) in [5.41, 5.74) is 3.36. The van der Waals surface area contributed by atoms with E-state index in [1.807, 2.05) is 42.5 Å². The number of pyridine rings is 1. The molecule has 1 unspecified atom stereocenters. The summed E-state index contributed by atoms with van der Waals surface area (Å²) >= 11 is 0.